The summed E-state index contributed by atoms with van der Waals surface area (Å²) in [6.07, 6.45) is 2.25. The average Bonchev–Trinajstić information content (AvgIpc) is 2.82. The van der Waals surface area contributed by atoms with Gasteiger partial charge in [0.15, 0.2) is 11.5 Å². The Balaban J connectivity index is 1.84. The van der Waals surface area contributed by atoms with E-state index >= 15 is 0 Å². The Labute approximate surface area is 206 Å². The molecule has 7 heteroatoms. The van der Waals surface area contributed by atoms with Crippen LogP contribution in [-0.4, -0.2) is 13.0 Å². The number of amides is 1. The van der Waals surface area contributed by atoms with E-state index in [1.807, 2.05) is 31.2 Å². The van der Waals surface area contributed by atoms with Crippen LogP contribution in [0.5, 0.6) is 11.5 Å². The van der Waals surface area contributed by atoms with Gasteiger partial charge < -0.3 is 14.8 Å². The zero-order valence-corrected chi connectivity index (χ0v) is 20.4. The molecule has 0 saturated carbocycles. The molecule has 0 atom stereocenters. The Kier molecular flexibility index (Phi) is 8.44. The van der Waals surface area contributed by atoms with Gasteiger partial charge in [0.2, 0.25) is 0 Å². The Hall–Kier alpha value is -3.38. The van der Waals surface area contributed by atoms with E-state index in [9.17, 15) is 14.4 Å². The molecule has 3 aromatic carbocycles. The first kappa shape index (κ1) is 24.3. The average molecular weight is 556 g/mol. The van der Waals surface area contributed by atoms with Gasteiger partial charge in [0.05, 0.1) is 10.7 Å². The smallest absolute Gasteiger partial charge is 0.266 e. The van der Waals surface area contributed by atoms with Gasteiger partial charge >= 0.3 is 0 Å². The zero-order valence-electron chi connectivity index (χ0n) is 18.2. The van der Waals surface area contributed by atoms with E-state index in [0.717, 1.165) is 12.0 Å². The normalized spacial score (nSPS) is 10.9. The van der Waals surface area contributed by atoms with E-state index in [2.05, 4.69) is 27.9 Å². The quantitative estimate of drug-likeness (QED) is 0.206. The minimum absolute atomic E-state index is 0.0386. The predicted octanol–water partition coefficient (Wildman–Crippen LogP) is 6.13. The third-order valence-electron chi connectivity index (χ3n) is 4.90. The van der Waals surface area contributed by atoms with Gasteiger partial charge in [-0.25, -0.2) is 4.39 Å². The molecular weight excluding hydrogens is 534 g/mol. The van der Waals surface area contributed by atoms with Crippen molar-refractivity contribution < 1.29 is 18.7 Å². The first-order valence-corrected chi connectivity index (χ1v) is 11.3. The highest BCUT2D eigenvalue weighted by Crippen LogP contribution is 2.35. The molecule has 0 fully saturated rings. The van der Waals surface area contributed by atoms with Gasteiger partial charge in [0.1, 0.15) is 24.1 Å². The number of carbonyl (C=O) groups excluding carboxylic acids is 1. The molecule has 0 aliphatic carbocycles. The minimum atomic E-state index is -0.493. The molecule has 0 bridgehead atoms. The third kappa shape index (κ3) is 6.11. The highest BCUT2D eigenvalue weighted by atomic mass is 127. The molecule has 0 radical (unpaired) electrons. The van der Waals surface area contributed by atoms with Crippen molar-refractivity contribution in [2.24, 2.45) is 0 Å². The molecule has 0 heterocycles. The second-order valence-corrected chi connectivity index (χ2v) is 8.21. The summed E-state index contributed by atoms with van der Waals surface area (Å²) in [4.78, 5) is 12.7. The van der Waals surface area contributed by atoms with E-state index in [-0.39, 0.29) is 18.0 Å². The first-order chi connectivity index (χ1) is 16.0. The van der Waals surface area contributed by atoms with Crippen molar-refractivity contribution in [2.45, 2.75) is 20.0 Å². The van der Waals surface area contributed by atoms with Crippen LogP contribution < -0.4 is 14.8 Å². The highest BCUT2D eigenvalue weighted by Gasteiger charge is 2.15. The van der Waals surface area contributed by atoms with Gasteiger partial charge in [-0.1, -0.05) is 43.3 Å². The lowest BCUT2D eigenvalue weighted by Gasteiger charge is -2.14. The van der Waals surface area contributed by atoms with E-state index in [4.69, 9.17) is 9.47 Å². The molecular formula is C26H22FIN2O3. The Morgan fingerprint density at radius 1 is 1.15 bits per heavy atom. The first-order valence-electron chi connectivity index (χ1n) is 10.2. The summed E-state index contributed by atoms with van der Waals surface area (Å²) in [6.45, 7) is 2.03. The van der Waals surface area contributed by atoms with Crippen molar-refractivity contribution in [3.05, 3.63) is 92.3 Å². The fourth-order valence-corrected chi connectivity index (χ4v) is 3.97. The molecule has 0 aromatic heterocycles. The van der Waals surface area contributed by atoms with Crippen LogP contribution in [0.1, 0.15) is 23.6 Å². The zero-order chi connectivity index (χ0) is 23.8. The van der Waals surface area contributed by atoms with Crippen LogP contribution in [0.2, 0.25) is 0 Å². The van der Waals surface area contributed by atoms with Crippen LogP contribution >= 0.6 is 22.6 Å². The number of methoxy groups -OCH3 is 1. The number of carbonyl (C=O) groups is 1. The lowest BCUT2D eigenvalue weighted by atomic mass is 10.1. The third-order valence-corrected chi connectivity index (χ3v) is 5.71. The SMILES string of the molecule is CCc1ccccc1NC(=O)/C(C#N)=C/c1cc(I)c(OCc2ccccc2F)c(OC)c1. The largest absolute Gasteiger partial charge is 0.493 e. The number of para-hydroxylation sites is 1. The monoisotopic (exact) mass is 556 g/mol. The summed E-state index contributed by atoms with van der Waals surface area (Å²) in [6, 6.07) is 19.3. The van der Waals surface area contributed by atoms with Crippen LogP contribution in [0.25, 0.3) is 6.08 Å². The Morgan fingerprint density at radius 3 is 2.52 bits per heavy atom. The van der Waals surface area contributed by atoms with Crippen molar-refractivity contribution in [1.29, 1.82) is 5.26 Å². The maximum absolute atomic E-state index is 13.9. The molecule has 1 N–H and O–H groups in total. The molecule has 33 heavy (non-hydrogen) atoms. The molecule has 0 unspecified atom stereocenters. The number of ether oxygens (including phenoxy) is 2. The van der Waals surface area contributed by atoms with E-state index < -0.39 is 5.91 Å². The summed E-state index contributed by atoms with van der Waals surface area (Å²) in [7, 11) is 1.49. The number of nitriles is 1. The highest BCUT2D eigenvalue weighted by molar-refractivity contribution is 14.1. The van der Waals surface area contributed by atoms with Crippen LogP contribution in [0.15, 0.2) is 66.2 Å². The minimum Gasteiger partial charge on any atom is -0.493 e. The number of benzene rings is 3. The van der Waals surface area contributed by atoms with Gasteiger partial charge in [-0.2, -0.15) is 5.26 Å². The number of hydrogen-bond acceptors (Lipinski definition) is 4. The molecule has 1 amide bonds. The number of hydrogen-bond donors (Lipinski definition) is 1. The number of nitrogens with zero attached hydrogens (tertiary/aromatic N) is 1. The van der Waals surface area contributed by atoms with Crippen LogP contribution in [-0.2, 0) is 17.8 Å². The van der Waals surface area contributed by atoms with Gasteiger partial charge in [0, 0.05) is 11.3 Å². The van der Waals surface area contributed by atoms with E-state index in [0.29, 0.717) is 31.9 Å². The number of anilines is 1. The summed E-state index contributed by atoms with van der Waals surface area (Å²) in [5, 5.41) is 12.4. The molecule has 5 nitrogen and oxygen atoms in total. The lowest BCUT2D eigenvalue weighted by Crippen LogP contribution is -2.14. The Morgan fingerprint density at radius 2 is 1.85 bits per heavy atom. The fourth-order valence-electron chi connectivity index (χ4n) is 3.18. The summed E-state index contributed by atoms with van der Waals surface area (Å²) in [5.74, 6) is 0.0319. The van der Waals surface area contributed by atoms with E-state index in [1.165, 1.54) is 19.3 Å². The molecule has 3 aromatic rings. The molecule has 0 aliphatic rings. The van der Waals surface area contributed by atoms with E-state index in [1.54, 1.807) is 36.4 Å². The maximum Gasteiger partial charge on any atom is 0.266 e. The fraction of sp³-hybridized carbons (Fsp3) is 0.154. The van der Waals surface area contributed by atoms with Gasteiger partial charge in [0.25, 0.3) is 5.91 Å². The molecule has 3 rings (SSSR count). The van der Waals surface area contributed by atoms with Gasteiger partial charge in [-0.3, -0.25) is 4.79 Å². The second-order valence-electron chi connectivity index (χ2n) is 7.05. The van der Waals surface area contributed by atoms with Crippen molar-refractivity contribution in [2.75, 3.05) is 12.4 Å². The molecule has 0 spiro atoms. The van der Waals surface area contributed by atoms with Crippen LogP contribution in [0, 0.1) is 20.7 Å². The predicted molar refractivity (Wildman–Crippen MR) is 134 cm³/mol. The van der Waals surface area contributed by atoms with Crippen molar-refractivity contribution >= 4 is 40.3 Å². The molecule has 0 saturated heterocycles. The number of rotatable bonds is 8. The standard InChI is InChI=1S/C26H22FIN2O3/c1-3-18-8-5-7-11-23(18)30-26(31)20(15-29)12-17-13-22(28)25(24(14-17)32-2)33-16-19-9-4-6-10-21(19)27/h4-14H,3,16H2,1-2H3,(H,30,31)/b20-12+. The van der Waals surface area contributed by atoms with Crippen molar-refractivity contribution in [1.82, 2.24) is 0 Å². The summed E-state index contributed by atoms with van der Waals surface area (Å²) < 4.78 is 25.9. The van der Waals surface area contributed by atoms with Gasteiger partial charge in [-0.05, 0) is 70.5 Å². The second kappa shape index (κ2) is 11.5. The van der Waals surface area contributed by atoms with Crippen LogP contribution in [0.3, 0.4) is 0 Å². The number of halogens is 2. The summed E-state index contributed by atoms with van der Waals surface area (Å²) >= 11 is 2.08. The molecule has 168 valence electrons. The lowest BCUT2D eigenvalue weighted by molar-refractivity contribution is -0.112. The molecule has 0 aliphatic heterocycles. The number of aryl methyl sites for hydroxylation is 1. The number of nitrogens with one attached hydrogen (secondary N) is 1. The topological polar surface area (TPSA) is 71.4 Å². The summed E-state index contributed by atoms with van der Waals surface area (Å²) in [5.41, 5.74) is 2.64. The van der Waals surface area contributed by atoms with Crippen molar-refractivity contribution in [3.63, 3.8) is 0 Å². The maximum atomic E-state index is 13.9. The Bertz CT molecular complexity index is 1230. The van der Waals surface area contributed by atoms with Crippen molar-refractivity contribution in [3.8, 4) is 17.6 Å². The van der Waals surface area contributed by atoms with Gasteiger partial charge in [-0.15, -0.1) is 0 Å². The van der Waals surface area contributed by atoms with Crippen LogP contribution in [0.4, 0.5) is 10.1 Å².